The third-order valence-electron chi connectivity index (χ3n) is 5.13. The number of nitrogens with zero attached hydrogens (tertiary/aromatic N) is 1. The van der Waals surface area contributed by atoms with E-state index in [2.05, 4.69) is 29.1 Å². The molecule has 0 radical (unpaired) electrons. The van der Waals surface area contributed by atoms with E-state index in [4.69, 9.17) is 5.73 Å². The summed E-state index contributed by atoms with van der Waals surface area (Å²) in [5.74, 6) is 0.682. The van der Waals surface area contributed by atoms with Crippen molar-refractivity contribution >= 4 is 11.7 Å². The number of nitrogen functional groups attached to an aromatic ring is 1. The lowest BCUT2D eigenvalue weighted by atomic mass is 9.86. The van der Waals surface area contributed by atoms with Crippen LogP contribution in [0.15, 0.2) is 35.1 Å². The van der Waals surface area contributed by atoms with Gasteiger partial charge in [-0.05, 0) is 24.3 Å². The normalized spacial score (nSPS) is 20.9. The van der Waals surface area contributed by atoms with Gasteiger partial charge in [0.2, 0.25) is 5.91 Å². The number of nitrogens with one attached hydrogen (secondary N) is 2. The monoisotopic (exact) mass is 340 g/mol. The largest absolute Gasteiger partial charge is 0.383 e. The number of aromatic nitrogens is 2. The first-order valence-electron chi connectivity index (χ1n) is 8.46. The van der Waals surface area contributed by atoms with Crippen LogP contribution in [0.1, 0.15) is 37.2 Å². The summed E-state index contributed by atoms with van der Waals surface area (Å²) in [6.07, 6.45) is 1.25. The maximum Gasteiger partial charge on any atom is 0.252 e. The summed E-state index contributed by atoms with van der Waals surface area (Å²) in [4.78, 5) is 31.0. The van der Waals surface area contributed by atoms with E-state index in [-0.39, 0.29) is 22.7 Å². The average molecular weight is 340 g/mol. The minimum absolute atomic E-state index is 0.0209. The highest BCUT2D eigenvalue weighted by atomic mass is 16.2. The van der Waals surface area contributed by atoms with Crippen molar-refractivity contribution in [1.82, 2.24) is 15.3 Å². The first-order chi connectivity index (χ1) is 11.7. The van der Waals surface area contributed by atoms with Crippen LogP contribution in [0.25, 0.3) is 0 Å². The van der Waals surface area contributed by atoms with Gasteiger partial charge < -0.3 is 16.0 Å². The summed E-state index contributed by atoms with van der Waals surface area (Å²) in [6.45, 7) is 6.66. The molecule has 1 saturated carbocycles. The lowest BCUT2D eigenvalue weighted by Crippen LogP contribution is -2.39. The van der Waals surface area contributed by atoms with Crippen LogP contribution in [0.3, 0.4) is 0 Å². The van der Waals surface area contributed by atoms with Gasteiger partial charge in [-0.2, -0.15) is 0 Å². The number of aryl methyl sites for hydroxylation is 1. The predicted octanol–water partition coefficient (Wildman–Crippen LogP) is 1.69. The van der Waals surface area contributed by atoms with Crippen LogP contribution >= 0.6 is 0 Å². The summed E-state index contributed by atoms with van der Waals surface area (Å²) in [6, 6.07) is 9.41. The van der Waals surface area contributed by atoms with Gasteiger partial charge in [0, 0.05) is 19.0 Å². The van der Waals surface area contributed by atoms with Crippen LogP contribution in [0.4, 0.5) is 5.82 Å². The number of carbonyl (C=O) groups is 1. The molecule has 3 rings (SSSR count). The predicted molar refractivity (Wildman–Crippen MR) is 97.2 cm³/mol. The molecule has 0 bridgehead atoms. The van der Waals surface area contributed by atoms with Gasteiger partial charge in [-0.15, -0.1) is 0 Å². The Morgan fingerprint density at radius 2 is 1.96 bits per heavy atom. The molecule has 1 aromatic heterocycles. The number of H-pyrrole nitrogens is 1. The van der Waals surface area contributed by atoms with Crippen molar-refractivity contribution in [1.29, 1.82) is 0 Å². The molecular formula is C19H24N4O2. The van der Waals surface area contributed by atoms with Crippen LogP contribution in [0.2, 0.25) is 0 Å². The maximum absolute atomic E-state index is 12.9. The molecule has 1 aromatic carbocycles. The Labute approximate surface area is 146 Å². The van der Waals surface area contributed by atoms with Gasteiger partial charge in [0.1, 0.15) is 11.6 Å². The summed E-state index contributed by atoms with van der Waals surface area (Å²) in [7, 11) is 0. The number of benzene rings is 1. The van der Waals surface area contributed by atoms with Gasteiger partial charge in [0.15, 0.2) is 0 Å². The quantitative estimate of drug-likeness (QED) is 0.771. The third kappa shape index (κ3) is 3.16. The lowest BCUT2D eigenvalue weighted by Gasteiger charge is -2.21. The Hall–Kier alpha value is -2.63. The number of anilines is 1. The Kier molecular flexibility index (Phi) is 4.14. The van der Waals surface area contributed by atoms with E-state index in [9.17, 15) is 9.59 Å². The van der Waals surface area contributed by atoms with Gasteiger partial charge in [0.05, 0.1) is 5.41 Å². The lowest BCUT2D eigenvalue weighted by molar-refractivity contribution is -0.124. The first-order valence-corrected chi connectivity index (χ1v) is 8.46. The molecule has 4 N–H and O–H groups in total. The molecule has 2 aromatic rings. The Bertz CT molecular complexity index is 854. The maximum atomic E-state index is 12.9. The molecule has 1 fully saturated rings. The van der Waals surface area contributed by atoms with Gasteiger partial charge in [-0.25, -0.2) is 4.98 Å². The number of aromatic amines is 1. The molecule has 25 heavy (non-hydrogen) atoms. The van der Waals surface area contributed by atoms with Gasteiger partial charge >= 0.3 is 0 Å². The average Bonchev–Trinajstić information content (AvgIpc) is 3.11. The number of hydrogen-bond acceptors (Lipinski definition) is 4. The van der Waals surface area contributed by atoms with Crippen molar-refractivity contribution in [2.75, 3.05) is 12.3 Å². The molecule has 6 heteroatoms. The summed E-state index contributed by atoms with van der Waals surface area (Å²) in [5, 5.41) is 3.00. The van der Waals surface area contributed by atoms with E-state index in [1.54, 1.807) is 0 Å². The minimum atomic E-state index is -0.489. The second kappa shape index (κ2) is 6.02. The van der Waals surface area contributed by atoms with E-state index >= 15 is 0 Å². The van der Waals surface area contributed by atoms with Gasteiger partial charge in [-0.3, -0.25) is 9.59 Å². The van der Waals surface area contributed by atoms with Crippen molar-refractivity contribution in [3.63, 3.8) is 0 Å². The van der Waals surface area contributed by atoms with Crippen molar-refractivity contribution < 1.29 is 4.79 Å². The molecule has 1 aliphatic rings. The third-order valence-corrected chi connectivity index (χ3v) is 5.13. The Morgan fingerprint density at radius 3 is 2.52 bits per heavy atom. The molecule has 1 atom stereocenters. The van der Waals surface area contributed by atoms with Gasteiger partial charge in [-0.1, -0.05) is 43.7 Å². The Balaban J connectivity index is 1.70. The highest BCUT2D eigenvalue weighted by Gasteiger charge is 2.66. The van der Waals surface area contributed by atoms with Gasteiger partial charge in [0.25, 0.3) is 5.56 Å². The molecule has 0 aliphatic heterocycles. The topological polar surface area (TPSA) is 101 Å². The fourth-order valence-corrected chi connectivity index (χ4v) is 3.56. The SMILES string of the molecule is Cc1ccc([C@@]2(C(=O)NCCc3nc(N)cc(=O)[nH]3)CC2(C)C)cc1. The zero-order valence-electron chi connectivity index (χ0n) is 14.8. The standard InChI is InChI=1S/C19H24N4O2/c1-12-4-6-13(7-5-12)19(11-18(19,2)3)17(25)21-9-8-15-22-14(20)10-16(24)23-15/h4-7,10H,8-9,11H2,1-3H3,(H,21,25)(H3,20,22,23,24)/t19-/m1/s1. The second-order valence-corrected chi connectivity index (χ2v) is 7.45. The van der Waals surface area contributed by atoms with Crippen molar-refractivity contribution in [2.45, 2.75) is 39.0 Å². The molecular weight excluding hydrogens is 316 g/mol. The van der Waals surface area contributed by atoms with E-state index in [1.807, 2.05) is 31.2 Å². The fourth-order valence-electron chi connectivity index (χ4n) is 3.56. The van der Waals surface area contributed by atoms with E-state index in [0.29, 0.717) is 18.8 Å². The summed E-state index contributed by atoms with van der Waals surface area (Å²) < 4.78 is 0. The number of amides is 1. The zero-order chi connectivity index (χ0) is 18.2. The van der Waals surface area contributed by atoms with E-state index in [0.717, 1.165) is 12.0 Å². The number of hydrogen-bond donors (Lipinski definition) is 3. The number of nitrogens with two attached hydrogens (primary N) is 1. The highest BCUT2D eigenvalue weighted by molar-refractivity contribution is 5.93. The smallest absolute Gasteiger partial charge is 0.252 e. The molecule has 1 aliphatic carbocycles. The van der Waals surface area contributed by atoms with Crippen molar-refractivity contribution in [3.8, 4) is 0 Å². The number of carbonyl (C=O) groups excluding carboxylic acids is 1. The van der Waals surface area contributed by atoms with Crippen LogP contribution in [-0.2, 0) is 16.6 Å². The summed E-state index contributed by atoms with van der Waals surface area (Å²) >= 11 is 0. The fraction of sp³-hybridized carbons (Fsp3) is 0.421. The van der Waals surface area contributed by atoms with Crippen molar-refractivity contribution in [2.24, 2.45) is 5.41 Å². The number of rotatable bonds is 5. The second-order valence-electron chi connectivity index (χ2n) is 7.45. The van der Waals surface area contributed by atoms with Crippen LogP contribution in [0.5, 0.6) is 0 Å². The molecule has 1 amide bonds. The van der Waals surface area contributed by atoms with Crippen molar-refractivity contribution in [3.05, 3.63) is 57.6 Å². The van der Waals surface area contributed by atoms with Crippen LogP contribution in [0, 0.1) is 12.3 Å². The highest BCUT2D eigenvalue weighted by Crippen LogP contribution is 2.64. The van der Waals surface area contributed by atoms with Crippen LogP contribution in [-0.4, -0.2) is 22.4 Å². The van der Waals surface area contributed by atoms with E-state index < -0.39 is 5.41 Å². The molecule has 0 saturated heterocycles. The molecule has 0 unspecified atom stereocenters. The molecule has 1 heterocycles. The van der Waals surface area contributed by atoms with E-state index in [1.165, 1.54) is 11.6 Å². The summed E-state index contributed by atoms with van der Waals surface area (Å²) in [5.41, 5.74) is 6.96. The molecule has 132 valence electrons. The molecule has 6 nitrogen and oxygen atoms in total. The first kappa shape index (κ1) is 17.2. The Morgan fingerprint density at radius 1 is 1.32 bits per heavy atom. The minimum Gasteiger partial charge on any atom is -0.383 e. The van der Waals surface area contributed by atoms with Crippen LogP contribution < -0.4 is 16.6 Å². The zero-order valence-corrected chi connectivity index (χ0v) is 14.8. The molecule has 0 spiro atoms.